The summed E-state index contributed by atoms with van der Waals surface area (Å²) in [6.45, 7) is 6.62. The van der Waals surface area contributed by atoms with Crippen molar-refractivity contribution in [1.82, 2.24) is 4.98 Å². The lowest BCUT2D eigenvalue weighted by atomic mass is 9.87. The average molecular weight is 234 g/mol. The average Bonchev–Trinajstić information content (AvgIpc) is 2.36. The predicted octanol–water partition coefficient (Wildman–Crippen LogP) is 3.59. The van der Waals surface area contributed by atoms with Crippen molar-refractivity contribution in [3.8, 4) is 0 Å². The first-order chi connectivity index (χ1) is 5.06. The van der Waals surface area contributed by atoms with Gasteiger partial charge in [-0.15, -0.1) is 11.3 Å². The molecule has 0 N–H and O–H groups in total. The van der Waals surface area contributed by atoms with Crippen molar-refractivity contribution >= 4 is 27.3 Å². The van der Waals surface area contributed by atoms with Crippen LogP contribution in [-0.4, -0.2) is 4.98 Å². The fourth-order valence-corrected chi connectivity index (χ4v) is 1.95. The summed E-state index contributed by atoms with van der Waals surface area (Å²) in [6.07, 6.45) is 1.13. The monoisotopic (exact) mass is 233 g/mol. The molecule has 0 atom stereocenters. The van der Waals surface area contributed by atoms with Gasteiger partial charge in [-0.1, -0.05) is 20.8 Å². The predicted molar refractivity (Wildman–Crippen MR) is 53.1 cm³/mol. The van der Waals surface area contributed by atoms with Gasteiger partial charge in [0.1, 0.15) is 0 Å². The number of hydrogen-bond acceptors (Lipinski definition) is 2. The zero-order valence-electron chi connectivity index (χ0n) is 7.02. The lowest BCUT2D eigenvalue weighted by Crippen LogP contribution is -2.15. The number of hydrogen-bond donors (Lipinski definition) is 0. The van der Waals surface area contributed by atoms with Crippen LogP contribution in [0.15, 0.2) is 9.30 Å². The fraction of sp³-hybridized carbons (Fsp3) is 0.625. The van der Waals surface area contributed by atoms with E-state index < -0.39 is 0 Å². The molecule has 0 saturated carbocycles. The van der Waals surface area contributed by atoms with Gasteiger partial charge in [0, 0.05) is 10.8 Å². The van der Waals surface area contributed by atoms with E-state index in [0.29, 0.717) is 0 Å². The third kappa shape index (κ3) is 2.03. The van der Waals surface area contributed by atoms with E-state index in [2.05, 4.69) is 47.1 Å². The zero-order valence-corrected chi connectivity index (χ0v) is 9.42. The Morgan fingerprint density at radius 1 is 1.64 bits per heavy atom. The maximum Gasteiger partial charge on any atom is 0.159 e. The lowest BCUT2D eigenvalue weighted by Gasteiger charge is -2.19. The second-order valence-electron chi connectivity index (χ2n) is 3.22. The van der Waals surface area contributed by atoms with E-state index in [4.69, 9.17) is 0 Å². The molecular formula is C8H12BrNS. The van der Waals surface area contributed by atoms with E-state index in [0.717, 1.165) is 10.3 Å². The Balaban J connectivity index is 2.92. The van der Waals surface area contributed by atoms with Gasteiger partial charge >= 0.3 is 0 Å². The highest BCUT2D eigenvalue weighted by molar-refractivity contribution is 9.11. The van der Waals surface area contributed by atoms with E-state index >= 15 is 0 Å². The van der Waals surface area contributed by atoms with Crippen molar-refractivity contribution in [3.63, 3.8) is 0 Å². The normalized spacial score (nSPS) is 12.0. The molecule has 11 heavy (non-hydrogen) atoms. The van der Waals surface area contributed by atoms with Crippen molar-refractivity contribution in [2.45, 2.75) is 32.6 Å². The number of nitrogens with zero attached hydrogens (tertiary/aromatic N) is 1. The van der Waals surface area contributed by atoms with Gasteiger partial charge in [-0.05, 0) is 22.4 Å². The van der Waals surface area contributed by atoms with Crippen LogP contribution in [0.1, 0.15) is 32.9 Å². The summed E-state index contributed by atoms with van der Waals surface area (Å²) in [4.78, 5) is 4.39. The summed E-state index contributed by atoms with van der Waals surface area (Å²) in [5.74, 6) is 0. The molecule has 1 aromatic rings. The molecule has 0 aliphatic heterocycles. The quantitative estimate of drug-likeness (QED) is 0.761. The summed E-state index contributed by atoms with van der Waals surface area (Å²) in [5.41, 5.74) is 1.42. The van der Waals surface area contributed by atoms with Gasteiger partial charge in [0.05, 0.1) is 5.69 Å². The van der Waals surface area contributed by atoms with Crippen LogP contribution in [0.2, 0.25) is 0 Å². The Kier molecular flexibility index (Phi) is 2.70. The van der Waals surface area contributed by atoms with E-state index in [9.17, 15) is 0 Å². The smallest absolute Gasteiger partial charge is 0.159 e. The Bertz CT molecular complexity index is 242. The van der Waals surface area contributed by atoms with Gasteiger partial charge in [-0.25, -0.2) is 4.98 Å². The maximum absolute atomic E-state index is 4.39. The van der Waals surface area contributed by atoms with E-state index in [1.165, 1.54) is 5.69 Å². The molecule has 1 aromatic heterocycles. The van der Waals surface area contributed by atoms with Crippen LogP contribution < -0.4 is 0 Å². The van der Waals surface area contributed by atoms with Crippen LogP contribution >= 0.6 is 27.3 Å². The Morgan fingerprint density at radius 2 is 2.27 bits per heavy atom. The second kappa shape index (κ2) is 3.23. The molecule has 1 rings (SSSR count). The van der Waals surface area contributed by atoms with Crippen molar-refractivity contribution in [3.05, 3.63) is 15.0 Å². The zero-order chi connectivity index (χ0) is 8.48. The molecule has 0 aliphatic rings. The third-order valence-electron chi connectivity index (χ3n) is 2.05. The van der Waals surface area contributed by atoms with Crippen molar-refractivity contribution < 1.29 is 0 Å². The molecule has 62 valence electrons. The Morgan fingerprint density at radius 3 is 2.64 bits per heavy atom. The number of rotatable bonds is 2. The first-order valence-electron chi connectivity index (χ1n) is 3.68. The summed E-state index contributed by atoms with van der Waals surface area (Å²) in [6, 6.07) is 0. The number of thiazole rings is 1. The minimum atomic E-state index is 0.225. The van der Waals surface area contributed by atoms with Gasteiger partial charge in [0.2, 0.25) is 0 Å². The fourth-order valence-electron chi connectivity index (χ4n) is 0.744. The van der Waals surface area contributed by atoms with Crippen molar-refractivity contribution in [2.75, 3.05) is 0 Å². The summed E-state index contributed by atoms with van der Waals surface area (Å²) >= 11 is 5.01. The molecule has 0 bridgehead atoms. The van der Waals surface area contributed by atoms with E-state index in [1.807, 2.05) is 0 Å². The van der Waals surface area contributed by atoms with Gasteiger partial charge in [-0.3, -0.25) is 0 Å². The van der Waals surface area contributed by atoms with Gasteiger partial charge in [0.25, 0.3) is 0 Å². The highest BCUT2D eigenvalue weighted by Gasteiger charge is 2.20. The molecule has 0 spiro atoms. The third-order valence-corrected chi connectivity index (χ3v) is 3.42. The lowest BCUT2D eigenvalue weighted by molar-refractivity contribution is 0.493. The van der Waals surface area contributed by atoms with Gasteiger partial charge < -0.3 is 0 Å². The maximum atomic E-state index is 4.39. The summed E-state index contributed by atoms with van der Waals surface area (Å²) in [7, 11) is 0. The molecule has 0 aliphatic carbocycles. The molecule has 0 fully saturated rings. The molecule has 0 unspecified atom stereocenters. The van der Waals surface area contributed by atoms with E-state index in [-0.39, 0.29) is 5.41 Å². The molecular weight excluding hydrogens is 222 g/mol. The van der Waals surface area contributed by atoms with Crippen LogP contribution in [0.25, 0.3) is 0 Å². The molecule has 1 heterocycles. The van der Waals surface area contributed by atoms with Crippen LogP contribution in [-0.2, 0) is 5.41 Å². The molecule has 0 radical (unpaired) electrons. The highest BCUT2D eigenvalue weighted by atomic mass is 79.9. The van der Waals surface area contributed by atoms with Crippen LogP contribution in [0, 0.1) is 0 Å². The van der Waals surface area contributed by atoms with Crippen LogP contribution in [0.4, 0.5) is 0 Å². The SMILES string of the molecule is CCC(C)(C)c1csc(Br)n1. The molecule has 0 aromatic carbocycles. The first-order valence-corrected chi connectivity index (χ1v) is 5.35. The topological polar surface area (TPSA) is 12.9 Å². The highest BCUT2D eigenvalue weighted by Crippen LogP contribution is 2.29. The summed E-state index contributed by atoms with van der Waals surface area (Å²) in [5, 5.41) is 2.12. The molecule has 0 amide bonds. The largest absolute Gasteiger partial charge is 0.234 e. The molecule has 3 heteroatoms. The number of aromatic nitrogens is 1. The standard InChI is InChI=1S/C8H12BrNS/c1-4-8(2,3)6-5-11-7(9)10-6/h5H,4H2,1-3H3. The molecule has 0 saturated heterocycles. The Hall–Kier alpha value is 0.110. The summed E-state index contributed by atoms with van der Waals surface area (Å²) < 4.78 is 0.981. The van der Waals surface area contributed by atoms with Crippen molar-refractivity contribution in [2.24, 2.45) is 0 Å². The Labute approximate surface area is 80.0 Å². The number of halogens is 1. The minimum absolute atomic E-state index is 0.225. The van der Waals surface area contributed by atoms with Gasteiger partial charge in [0.15, 0.2) is 3.92 Å². The van der Waals surface area contributed by atoms with Gasteiger partial charge in [-0.2, -0.15) is 0 Å². The van der Waals surface area contributed by atoms with E-state index in [1.54, 1.807) is 11.3 Å². The minimum Gasteiger partial charge on any atom is -0.234 e. The first kappa shape index (κ1) is 9.20. The second-order valence-corrected chi connectivity index (χ2v) is 5.36. The molecule has 1 nitrogen and oxygen atoms in total. The van der Waals surface area contributed by atoms with Crippen LogP contribution in [0.5, 0.6) is 0 Å². The van der Waals surface area contributed by atoms with Crippen LogP contribution in [0.3, 0.4) is 0 Å². The van der Waals surface area contributed by atoms with Crippen molar-refractivity contribution in [1.29, 1.82) is 0 Å².